The number of allylic oxidation sites excluding steroid dienone is 2. The van der Waals surface area contributed by atoms with Crippen LogP contribution in [0.1, 0.15) is 17.5 Å². The third kappa shape index (κ3) is 6.67. The molecule has 9 nitrogen and oxygen atoms in total. The first-order valence-corrected chi connectivity index (χ1v) is 11.2. The quantitative estimate of drug-likeness (QED) is 0.158. The molecule has 2 aliphatic rings. The summed E-state index contributed by atoms with van der Waals surface area (Å²) in [6.45, 7) is 4.92. The van der Waals surface area contributed by atoms with Crippen LogP contribution >= 0.6 is 11.6 Å². The maximum atomic E-state index is 14.0. The van der Waals surface area contributed by atoms with Gasteiger partial charge in [-0.05, 0) is 23.3 Å². The van der Waals surface area contributed by atoms with E-state index in [-0.39, 0.29) is 10.8 Å². The van der Waals surface area contributed by atoms with Gasteiger partial charge in [-0.2, -0.15) is 5.10 Å². The molecule has 0 bridgehead atoms. The molecule has 5 N–H and O–H groups in total. The summed E-state index contributed by atoms with van der Waals surface area (Å²) in [6.07, 6.45) is 2.63. The molecule has 0 aliphatic carbocycles. The Kier molecular flexibility index (Phi) is 9.07. The van der Waals surface area contributed by atoms with Crippen LogP contribution < -0.4 is 17.0 Å². The number of hydrogen-bond acceptors (Lipinski definition) is 9. The molecule has 2 heterocycles. The van der Waals surface area contributed by atoms with Gasteiger partial charge in [0.05, 0.1) is 43.9 Å². The van der Waals surface area contributed by atoms with Gasteiger partial charge in [0.15, 0.2) is 6.29 Å². The van der Waals surface area contributed by atoms with Gasteiger partial charge in [-0.15, -0.1) is 0 Å². The molecule has 2 aliphatic heterocycles. The Morgan fingerprint density at radius 2 is 2.09 bits per heavy atom. The fourth-order valence-electron chi connectivity index (χ4n) is 3.97. The summed E-state index contributed by atoms with van der Waals surface area (Å²) in [6, 6.07) is 4.79. The number of aldehydes is 1. The molecule has 3 rings (SSSR count). The number of ether oxygens (including phenoxy) is 1. The van der Waals surface area contributed by atoms with Gasteiger partial charge < -0.3 is 25.8 Å². The maximum absolute atomic E-state index is 14.0. The van der Waals surface area contributed by atoms with Crippen LogP contribution in [0.15, 0.2) is 45.4 Å². The maximum Gasteiger partial charge on any atom is 0.163 e. The molecule has 0 spiro atoms. The summed E-state index contributed by atoms with van der Waals surface area (Å²) in [5.74, 6) is 6.15. The molecule has 1 fully saturated rings. The highest BCUT2D eigenvalue weighted by molar-refractivity contribution is 6.40. The monoisotopic (exact) mass is 479 g/mol. The number of morpholine rings is 1. The van der Waals surface area contributed by atoms with Crippen molar-refractivity contribution < 1.29 is 13.9 Å². The summed E-state index contributed by atoms with van der Waals surface area (Å²) in [5.41, 5.74) is 12.7. The topological polar surface area (TPSA) is 112 Å². The molecule has 1 aromatic carbocycles. The van der Waals surface area contributed by atoms with Gasteiger partial charge in [-0.25, -0.2) is 10.2 Å². The minimum atomic E-state index is -0.271. The predicted molar refractivity (Wildman–Crippen MR) is 126 cm³/mol. The average molecular weight is 480 g/mol. The molecule has 180 valence electrons. The number of hydrazine groups is 1. The first-order valence-electron chi connectivity index (χ1n) is 10.8. The second-order valence-corrected chi connectivity index (χ2v) is 8.31. The number of hydrazone groups is 1. The van der Waals surface area contributed by atoms with Crippen LogP contribution in [0, 0.1) is 5.82 Å². The van der Waals surface area contributed by atoms with E-state index in [4.69, 9.17) is 27.9 Å². The van der Waals surface area contributed by atoms with Gasteiger partial charge in [0.1, 0.15) is 10.8 Å². The Balaban J connectivity index is 1.74. The van der Waals surface area contributed by atoms with Gasteiger partial charge in [0.2, 0.25) is 0 Å². The van der Waals surface area contributed by atoms with Crippen molar-refractivity contribution in [2.45, 2.75) is 19.5 Å². The summed E-state index contributed by atoms with van der Waals surface area (Å²) in [4.78, 5) is 15.3. The molecule has 0 unspecified atom stereocenters. The fraction of sp³-hybridized carbons (Fsp3) is 0.455. The number of hydrogen-bond donors (Lipinski definition) is 3. The fourth-order valence-corrected chi connectivity index (χ4v) is 4.13. The van der Waals surface area contributed by atoms with E-state index in [0.717, 1.165) is 29.9 Å². The highest BCUT2D eigenvalue weighted by Crippen LogP contribution is 2.24. The van der Waals surface area contributed by atoms with Crippen molar-refractivity contribution >= 4 is 24.1 Å². The number of nitrogens with one attached hydrogen (secondary N) is 1. The first-order chi connectivity index (χ1) is 15.9. The number of rotatable bonds is 9. The SMILES string of the molecule is CN/N=C\C(=C(\Cl)C=O)N1CCC(N(N)Cc2ccc(F)cc2CN2CCOCC2)=C(N)C1. The van der Waals surface area contributed by atoms with E-state index < -0.39 is 0 Å². The van der Waals surface area contributed by atoms with Crippen molar-refractivity contribution in [3.05, 3.63) is 57.3 Å². The summed E-state index contributed by atoms with van der Waals surface area (Å²) in [7, 11) is 1.65. The number of carbonyl (C=O) groups excluding carboxylic acids is 1. The van der Waals surface area contributed by atoms with Crippen LogP contribution in [0.25, 0.3) is 0 Å². The van der Waals surface area contributed by atoms with Crippen molar-refractivity contribution in [1.29, 1.82) is 0 Å². The molecular formula is C22H31ClFN7O2. The first kappa shape index (κ1) is 25.0. The zero-order valence-corrected chi connectivity index (χ0v) is 19.5. The van der Waals surface area contributed by atoms with Gasteiger partial charge in [0, 0.05) is 45.3 Å². The molecule has 11 heteroatoms. The molecule has 0 saturated carbocycles. The second kappa shape index (κ2) is 12.0. The highest BCUT2D eigenvalue weighted by Gasteiger charge is 2.24. The molecule has 33 heavy (non-hydrogen) atoms. The van der Waals surface area contributed by atoms with Gasteiger partial charge in [0.25, 0.3) is 0 Å². The number of carbonyl (C=O) groups is 1. The molecule has 0 aromatic heterocycles. The number of halogens is 2. The van der Waals surface area contributed by atoms with Crippen LogP contribution in [0.3, 0.4) is 0 Å². The van der Waals surface area contributed by atoms with Crippen LogP contribution in [0.4, 0.5) is 4.39 Å². The van der Waals surface area contributed by atoms with E-state index in [2.05, 4.69) is 15.4 Å². The number of nitrogens with zero attached hydrogens (tertiary/aromatic N) is 4. The second-order valence-electron chi connectivity index (χ2n) is 7.91. The number of benzene rings is 1. The predicted octanol–water partition coefficient (Wildman–Crippen LogP) is 1.06. The number of nitrogens with two attached hydrogens (primary N) is 2. The molecule has 0 amide bonds. The van der Waals surface area contributed by atoms with E-state index in [1.54, 1.807) is 24.2 Å². The Bertz CT molecular complexity index is 931. The van der Waals surface area contributed by atoms with Crippen LogP contribution in [0.2, 0.25) is 0 Å². The van der Waals surface area contributed by atoms with Crippen molar-refractivity contribution in [3.8, 4) is 0 Å². The molecule has 1 saturated heterocycles. The van der Waals surface area contributed by atoms with Crippen molar-refractivity contribution in [1.82, 2.24) is 20.2 Å². The normalized spacial score (nSPS) is 18.5. The van der Waals surface area contributed by atoms with Gasteiger partial charge >= 0.3 is 0 Å². The Morgan fingerprint density at radius 1 is 1.33 bits per heavy atom. The van der Waals surface area contributed by atoms with Crippen molar-refractivity contribution in [2.24, 2.45) is 16.7 Å². The van der Waals surface area contributed by atoms with E-state index >= 15 is 0 Å². The average Bonchev–Trinajstić information content (AvgIpc) is 2.81. The van der Waals surface area contributed by atoms with Crippen molar-refractivity contribution in [2.75, 3.05) is 46.4 Å². The van der Waals surface area contributed by atoms with E-state index in [1.165, 1.54) is 12.3 Å². The Labute approximate surface area is 198 Å². The Hall–Kier alpha value is -2.66. The molecule has 1 aromatic rings. The zero-order valence-electron chi connectivity index (χ0n) is 18.8. The summed E-state index contributed by atoms with van der Waals surface area (Å²) in [5, 5.41) is 5.63. The van der Waals surface area contributed by atoms with Crippen LogP contribution in [-0.4, -0.2) is 73.7 Å². The molecule has 0 atom stereocenters. The summed E-state index contributed by atoms with van der Waals surface area (Å²) < 4.78 is 19.4. The van der Waals surface area contributed by atoms with E-state index in [1.807, 2.05) is 4.90 Å². The molecular weight excluding hydrogens is 449 g/mol. The summed E-state index contributed by atoms with van der Waals surface area (Å²) >= 11 is 6.08. The minimum absolute atomic E-state index is 0.0499. The van der Waals surface area contributed by atoms with Crippen LogP contribution in [0.5, 0.6) is 0 Å². The van der Waals surface area contributed by atoms with E-state index in [0.29, 0.717) is 63.5 Å². The lowest BCUT2D eigenvalue weighted by Crippen LogP contribution is -2.41. The lowest BCUT2D eigenvalue weighted by molar-refractivity contribution is -0.104. The van der Waals surface area contributed by atoms with Gasteiger partial charge in [-0.3, -0.25) is 9.69 Å². The lowest BCUT2D eigenvalue weighted by atomic mass is 10.0. The Morgan fingerprint density at radius 3 is 2.76 bits per heavy atom. The van der Waals surface area contributed by atoms with Crippen molar-refractivity contribution in [3.63, 3.8) is 0 Å². The largest absolute Gasteiger partial charge is 0.399 e. The van der Waals surface area contributed by atoms with Gasteiger partial charge in [-0.1, -0.05) is 17.7 Å². The third-order valence-corrected chi connectivity index (χ3v) is 5.99. The third-order valence-electron chi connectivity index (χ3n) is 5.71. The lowest BCUT2D eigenvalue weighted by Gasteiger charge is -2.35. The smallest absolute Gasteiger partial charge is 0.163 e. The standard InChI is InChI=1S/C22H31ClFN7O2/c1-27-28-11-22(19(23)15-32)30-5-4-21(20(25)14-30)31(26)13-16-2-3-18(24)10-17(16)12-29-6-8-33-9-7-29/h2-3,10-11,15,27H,4-9,12-14,25-26H2,1H3/b22-19-,28-11-. The van der Waals surface area contributed by atoms with Crippen LogP contribution in [-0.2, 0) is 22.6 Å². The highest BCUT2D eigenvalue weighted by atomic mass is 35.5. The zero-order chi connectivity index (χ0) is 23.8. The molecule has 0 radical (unpaired) electrons. The minimum Gasteiger partial charge on any atom is -0.399 e. The van der Waals surface area contributed by atoms with E-state index in [9.17, 15) is 9.18 Å².